The average Bonchev–Trinajstić information content (AvgIpc) is 3.24. The van der Waals surface area contributed by atoms with E-state index in [-0.39, 0.29) is 5.92 Å². The van der Waals surface area contributed by atoms with Crippen LogP contribution < -0.4 is 4.74 Å². The summed E-state index contributed by atoms with van der Waals surface area (Å²) in [6.07, 6.45) is 6.98. The zero-order valence-electron chi connectivity index (χ0n) is 19.4. The lowest BCUT2D eigenvalue weighted by Crippen LogP contribution is -2.39. The second kappa shape index (κ2) is 9.75. The summed E-state index contributed by atoms with van der Waals surface area (Å²) in [5, 5.41) is 21.5. The van der Waals surface area contributed by atoms with E-state index in [0.29, 0.717) is 18.9 Å². The average molecular weight is 423 g/mol. The van der Waals surface area contributed by atoms with Gasteiger partial charge in [0.25, 0.3) is 0 Å². The summed E-state index contributed by atoms with van der Waals surface area (Å²) >= 11 is 0. The van der Waals surface area contributed by atoms with Gasteiger partial charge in [-0.2, -0.15) is 0 Å². The Balaban J connectivity index is 1.74. The molecule has 4 rings (SSSR count). The second-order valence-electron chi connectivity index (χ2n) is 9.66. The van der Waals surface area contributed by atoms with Crippen LogP contribution in [-0.2, 0) is 25.7 Å². The van der Waals surface area contributed by atoms with Gasteiger partial charge in [-0.15, -0.1) is 0 Å². The third-order valence-electron chi connectivity index (χ3n) is 7.28. The first kappa shape index (κ1) is 22.4. The lowest BCUT2D eigenvalue weighted by molar-refractivity contribution is -0.0371. The topological polar surface area (TPSA) is 49.7 Å². The highest BCUT2D eigenvalue weighted by molar-refractivity contribution is 5.52. The molecule has 0 heterocycles. The SMILES string of the molecule is CCCc1c(C2CC(C)CC(O)C2O)cc(Cc2ccc(OCC)cc2)c2c1CCC2. The largest absolute Gasteiger partial charge is 0.494 e. The Bertz CT molecular complexity index is 886. The number of aliphatic hydroxyl groups excluding tert-OH is 2. The van der Waals surface area contributed by atoms with Crippen LogP contribution in [0.4, 0.5) is 0 Å². The standard InChI is InChI=1S/C28H38O3/c1-4-7-23-24-9-6-8-22(24)20(16-19-10-12-21(13-11-19)31-5-2)17-25(23)26-14-18(3)15-27(29)28(26)30/h10-13,17-18,26-30H,4-9,14-16H2,1-3H3. The van der Waals surface area contributed by atoms with Crippen molar-refractivity contribution in [2.45, 2.75) is 90.3 Å². The minimum Gasteiger partial charge on any atom is -0.494 e. The normalized spacial score (nSPS) is 25.5. The van der Waals surface area contributed by atoms with Crippen LogP contribution in [0.2, 0.25) is 0 Å². The van der Waals surface area contributed by atoms with Gasteiger partial charge in [0.05, 0.1) is 18.8 Å². The van der Waals surface area contributed by atoms with E-state index in [0.717, 1.165) is 44.3 Å². The molecule has 3 heteroatoms. The summed E-state index contributed by atoms with van der Waals surface area (Å²) in [4.78, 5) is 0. The summed E-state index contributed by atoms with van der Waals surface area (Å²) in [5.74, 6) is 1.38. The first-order chi connectivity index (χ1) is 15.0. The van der Waals surface area contributed by atoms with Gasteiger partial charge in [0.2, 0.25) is 0 Å². The number of aliphatic hydroxyl groups is 2. The van der Waals surface area contributed by atoms with Gasteiger partial charge in [-0.1, -0.05) is 38.5 Å². The Labute approximate surface area is 187 Å². The molecule has 0 aliphatic heterocycles. The molecule has 0 aromatic heterocycles. The van der Waals surface area contributed by atoms with E-state index in [1.54, 1.807) is 11.1 Å². The summed E-state index contributed by atoms with van der Waals surface area (Å²) in [5.41, 5.74) is 8.56. The molecule has 4 atom stereocenters. The van der Waals surface area contributed by atoms with Gasteiger partial charge in [-0.05, 0) is 103 Å². The smallest absolute Gasteiger partial charge is 0.119 e. The first-order valence-electron chi connectivity index (χ1n) is 12.3. The highest BCUT2D eigenvalue weighted by atomic mass is 16.5. The molecule has 168 valence electrons. The fraction of sp³-hybridized carbons (Fsp3) is 0.571. The third kappa shape index (κ3) is 4.68. The number of benzene rings is 2. The molecule has 3 nitrogen and oxygen atoms in total. The molecule has 0 spiro atoms. The van der Waals surface area contributed by atoms with Crippen molar-refractivity contribution in [3.8, 4) is 5.75 Å². The lowest BCUT2D eigenvalue weighted by Gasteiger charge is -2.37. The van der Waals surface area contributed by atoms with Crippen LogP contribution in [0.25, 0.3) is 0 Å². The van der Waals surface area contributed by atoms with E-state index >= 15 is 0 Å². The number of ether oxygens (including phenoxy) is 1. The molecule has 1 saturated carbocycles. The molecule has 2 N–H and O–H groups in total. The van der Waals surface area contributed by atoms with E-state index in [1.165, 1.54) is 28.7 Å². The maximum absolute atomic E-state index is 10.9. The molecule has 31 heavy (non-hydrogen) atoms. The monoisotopic (exact) mass is 422 g/mol. The quantitative estimate of drug-likeness (QED) is 0.632. The van der Waals surface area contributed by atoms with Crippen LogP contribution in [0.3, 0.4) is 0 Å². The van der Waals surface area contributed by atoms with E-state index in [1.807, 2.05) is 6.92 Å². The van der Waals surface area contributed by atoms with Crippen LogP contribution in [0.15, 0.2) is 30.3 Å². The van der Waals surface area contributed by atoms with E-state index in [4.69, 9.17) is 4.74 Å². The maximum Gasteiger partial charge on any atom is 0.119 e. The zero-order valence-corrected chi connectivity index (χ0v) is 19.4. The van der Waals surface area contributed by atoms with Crippen molar-refractivity contribution in [2.24, 2.45) is 5.92 Å². The van der Waals surface area contributed by atoms with Crippen LogP contribution in [0, 0.1) is 5.92 Å². The molecule has 2 aromatic rings. The predicted octanol–water partition coefficient (Wildman–Crippen LogP) is 5.35. The minimum absolute atomic E-state index is 0.0327. The highest BCUT2D eigenvalue weighted by Crippen LogP contribution is 2.42. The van der Waals surface area contributed by atoms with Crippen LogP contribution in [0.1, 0.15) is 85.8 Å². The summed E-state index contributed by atoms with van der Waals surface area (Å²) in [6, 6.07) is 10.9. The van der Waals surface area contributed by atoms with Gasteiger partial charge >= 0.3 is 0 Å². The molecule has 0 amide bonds. The van der Waals surface area contributed by atoms with E-state index < -0.39 is 12.2 Å². The lowest BCUT2D eigenvalue weighted by atomic mass is 9.72. The molecular weight excluding hydrogens is 384 g/mol. The van der Waals surface area contributed by atoms with Crippen LogP contribution >= 0.6 is 0 Å². The van der Waals surface area contributed by atoms with Crippen molar-refractivity contribution in [3.05, 3.63) is 63.7 Å². The van der Waals surface area contributed by atoms with Crippen molar-refractivity contribution >= 4 is 0 Å². The highest BCUT2D eigenvalue weighted by Gasteiger charge is 2.37. The maximum atomic E-state index is 10.9. The van der Waals surface area contributed by atoms with Crippen molar-refractivity contribution in [2.75, 3.05) is 6.61 Å². The van der Waals surface area contributed by atoms with E-state index in [9.17, 15) is 10.2 Å². The first-order valence-corrected chi connectivity index (χ1v) is 12.3. The number of hydrogen-bond donors (Lipinski definition) is 2. The van der Waals surface area contributed by atoms with Gasteiger partial charge in [-0.3, -0.25) is 0 Å². The van der Waals surface area contributed by atoms with Crippen LogP contribution in [0.5, 0.6) is 5.75 Å². The van der Waals surface area contributed by atoms with Gasteiger partial charge in [-0.25, -0.2) is 0 Å². The summed E-state index contributed by atoms with van der Waals surface area (Å²) in [7, 11) is 0. The Kier molecular flexibility index (Phi) is 7.03. The number of rotatable bonds is 7. The van der Waals surface area contributed by atoms with Crippen molar-refractivity contribution in [1.82, 2.24) is 0 Å². The zero-order chi connectivity index (χ0) is 22.0. The minimum atomic E-state index is -0.662. The summed E-state index contributed by atoms with van der Waals surface area (Å²) < 4.78 is 5.61. The van der Waals surface area contributed by atoms with E-state index in [2.05, 4.69) is 44.2 Å². The Morgan fingerprint density at radius 3 is 2.45 bits per heavy atom. The molecule has 0 bridgehead atoms. The number of hydrogen-bond acceptors (Lipinski definition) is 3. The molecule has 2 aliphatic rings. The van der Waals surface area contributed by atoms with Crippen molar-refractivity contribution in [1.29, 1.82) is 0 Å². The number of fused-ring (bicyclic) bond motifs is 1. The molecule has 0 saturated heterocycles. The van der Waals surface area contributed by atoms with Gasteiger partial charge in [0, 0.05) is 5.92 Å². The van der Waals surface area contributed by atoms with Crippen molar-refractivity contribution < 1.29 is 14.9 Å². The summed E-state index contributed by atoms with van der Waals surface area (Å²) in [6.45, 7) is 7.14. The Morgan fingerprint density at radius 1 is 1.00 bits per heavy atom. The molecule has 2 aliphatic carbocycles. The molecule has 2 aromatic carbocycles. The predicted molar refractivity (Wildman–Crippen MR) is 126 cm³/mol. The molecule has 4 unspecified atom stereocenters. The molecule has 0 radical (unpaired) electrons. The Hall–Kier alpha value is -1.84. The molecule has 1 fully saturated rings. The fourth-order valence-corrected chi connectivity index (χ4v) is 5.89. The van der Waals surface area contributed by atoms with Gasteiger partial charge in [0.15, 0.2) is 0 Å². The van der Waals surface area contributed by atoms with Crippen molar-refractivity contribution in [3.63, 3.8) is 0 Å². The fourth-order valence-electron chi connectivity index (χ4n) is 5.89. The Morgan fingerprint density at radius 2 is 1.74 bits per heavy atom. The van der Waals surface area contributed by atoms with Crippen LogP contribution in [-0.4, -0.2) is 29.0 Å². The third-order valence-corrected chi connectivity index (χ3v) is 7.28. The van der Waals surface area contributed by atoms with Gasteiger partial charge in [0.1, 0.15) is 5.75 Å². The van der Waals surface area contributed by atoms with Gasteiger partial charge < -0.3 is 14.9 Å². The molecular formula is C28H38O3. The second-order valence-corrected chi connectivity index (χ2v) is 9.66.